The number of nitrogens with one attached hydrogen (secondary N) is 2. The van der Waals surface area contributed by atoms with E-state index in [9.17, 15) is 4.39 Å². The number of anilines is 1. The first-order chi connectivity index (χ1) is 18.6. The Kier molecular flexibility index (Phi) is 7.02. The number of halogens is 1. The number of rotatable bonds is 6. The summed E-state index contributed by atoms with van der Waals surface area (Å²) in [7, 11) is 0. The van der Waals surface area contributed by atoms with Gasteiger partial charge in [-0.15, -0.1) is 0 Å². The van der Waals surface area contributed by atoms with Gasteiger partial charge in [0.15, 0.2) is 0 Å². The molecule has 0 saturated carbocycles. The normalized spacial score (nSPS) is 22.8. The van der Waals surface area contributed by atoms with Gasteiger partial charge in [0.2, 0.25) is 5.95 Å². The molecule has 39 heavy (non-hydrogen) atoms. The molecule has 3 aliphatic rings. The van der Waals surface area contributed by atoms with E-state index in [1.54, 1.807) is 0 Å². The second kappa shape index (κ2) is 10.3. The molecule has 3 fully saturated rings. The van der Waals surface area contributed by atoms with Crippen molar-refractivity contribution in [2.45, 2.75) is 51.7 Å². The molecule has 0 aliphatic carbocycles. The first kappa shape index (κ1) is 26.5. The van der Waals surface area contributed by atoms with E-state index in [2.05, 4.69) is 89.4 Å². The minimum Gasteiger partial charge on any atom is -0.370 e. The van der Waals surface area contributed by atoms with Crippen molar-refractivity contribution >= 4 is 22.2 Å². The zero-order valence-corrected chi connectivity index (χ0v) is 23.8. The van der Waals surface area contributed by atoms with Gasteiger partial charge < -0.3 is 15.0 Å². The highest BCUT2D eigenvalue weighted by molar-refractivity contribution is 5.88. The molecule has 2 aromatic carbocycles. The van der Waals surface area contributed by atoms with Crippen LogP contribution >= 0.6 is 0 Å². The van der Waals surface area contributed by atoms with Crippen molar-refractivity contribution in [3.8, 4) is 0 Å². The van der Waals surface area contributed by atoms with Gasteiger partial charge in [0.1, 0.15) is 0 Å². The number of nitrogens with zero attached hydrogens (tertiary/aromatic N) is 3. The van der Waals surface area contributed by atoms with Crippen LogP contribution in [0, 0.1) is 17.8 Å². The monoisotopic (exact) mass is 531 g/mol. The molecule has 2 N–H and O–H groups in total. The summed E-state index contributed by atoms with van der Waals surface area (Å²) in [5, 5.41) is 10.5. The molecule has 1 aromatic heterocycles. The Morgan fingerprint density at radius 2 is 1.64 bits per heavy atom. The number of ether oxygens (including phenoxy) is 1. The molecule has 7 heteroatoms. The molecule has 6 nitrogen and oxygen atoms in total. The highest BCUT2D eigenvalue weighted by Crippen LogP contribution is 2.41. The first-order valence-corrected chi connectivity index (χ1v) is 14.5. The summed E-state index contributed by atoms with van der Waals surface area (Å²) in [6, 6.07) is 14.9. The fraction of sp³-hybridized carbons (Fsp3) is 0.531. The smallest absolute Gasteiger partial charge is 0.216 e. The van der Waals surface area contributed by atoms with Crippen LogP contribution in [0.2, 0.25) is 0 Å². The topological polar surface area (TPSA) is 56.4 Å². The number of fused-ring (bicyclic) bond motifs is 1. The Morgan fingerprint density at radius 1 is 0.974 bits per heavy atom. The summed E-state index contributed by atoms with van der Waals surface area (Å²) in [5.41, 5.74) is 4.82. The fourth-order valence-corrected chi connectivity index (χ4v) is 6.91. The van der Waals surface area contributed by atoms with E-state index in [-0.39, 0.29) is 17.1 Å². The van der Waals surface area contributed by atoms with Gasteiger partial charge in [0.05, 0.1) is 22.1 Å². The minimum atomic E-state index is -0.386. The van der Waals surface area contributed by atoms with Crippen LogP contribution < -0.4 is 10.2 Å². The van der Waals surface area contributed by atoms with Crippen LogP contribution in [0.4, 0.5) is 10.1 Å². The number of allylic oxidation sites excluding steroid dienone is 1. The largest absolute Gasteiger partial charge is 0.370 e. The van der Waals surface area contributed by atoms with Gasteiger partial charge in [-0.05, 0) is 93.3 Å². The standard InChI is InChI=1S/C32H42FN5O/c1-31(2)17-22(18-32(3,4)39-31)15-27(25-7-10-29-28(16-25)30(33)36-35-29)24-5-8-26(9-6-24)38-13-11-37(12-14-38)21-23-19-34-20-23/h5-10,15-16,22-23,34H,11-14,17-21H2,1-4H3,(H,35,36). The van der Waals surface area contributed by atoms with Crippen molar-refractivity contribution < 1.29 is 9.13 Å². The van der Waals surface area contributed by atoms with Crippen LogP contribution in [0.25, 0.3) is 16.5 Å². The Balaban J connectivity index is 1.27. The Hall–Kier alpha value is -2.74. The second-order valence-corrected chi connectivity index (χ2v) is 13.0. The van der Waals surface area contributed by atoms with Gasteiger partial charge in [0.25, 0.3) is 0 Å². The maximum Gasteiger partial charge on any atom is 0.216 e. The van der Waals surface area contributed by atoms with Gasteiger partial charge in [-0.3, -0.25) is 10.00 Å². The van der Waals surface area contributed by atoms with Gasteiger partial charge in [-0.25, -0.2) is 0 Å². The summed E-state index contributed by atoms with van der Waals surface area (Å²) in [6.45, 7) is 16.6. The molecule has 3 aromatic rings. The highest BCUT2D eigenvalue weighted by Gasteiger charge is 2.38. The number of hydrogen-bond acceptors (Lipinski definition) is 5. The van der Waals surface area contributed by atoms with E-state index < -0.39 is 0 Å². The summed E-state index contributed by atoms with van der Waals surface area (Å²) >= 11 is 0. The lowest BCUT2D eigenvalue weighted by atomic mass is 9.79. The van der Waals surface area contributed by atoms with Crippen LogP contribution in [0.15, 0.2) is 48.5 Å². The molecule has 208 valence electrons. The number of benzene rings is 2. The molecule has 0 amide bonds. The summed E-state index contributed by atoms with van der Waals surface area (Å²) in [4.78, 5) is 5.11. The van der Waals surface area contributed by atoms with E-state index in [1.807, 2.05) is 12.1 Å². The number of piperazine rings is 1. The van der Waals surface area contributed by atoms with Crippen LogP contribution in [0.3, 0.4) is 0 Å². The molecular formula is C32H42FN5O. The van der Waals surface area contributed by atoms with Crippen LogP contribution in [-0.4, -0.2) is 72.1 Å². The zero-order valence-electron chi connectivity index (χ0n) is 23.8. The van der Waals surface area contributed by atoms with E-state index in [0.29, 0.717) is 16.8 Å². The van der Waals surface area contributed by atoms with Crippen LogP contribution in [0.1, 0.15) is 51.7 Å². The molecule has 0 bridgehead atoms. The van der Waals surface area contributed by atoms with Crippen molar-refractivity contribution in [1.29, 1.82) is 0 Å². The molecule has 3 aliphatic heterocycles. The minimum absolute atomic E-state index is 0.199. The molecule has 6 rings (SSSR count). The number of aromatic nitrogens is 2. The maximum absolute atomic E-state index is 14.5. The number of H-pyrrole nitrogens is 1. The van der Waals surface area contributed by atoms with E-state index >= 15 is 0 Å². The molecular weight excluding hydrogens is 489 g/mol. The number of hydrogen-bond donors (Lipinski definition) is 2. The van der Waals surface area contributed by atoms with Crippen molar-refractivity contribution in [1.82, 2.24) is 20.4 Å². The maximum atomic E-state index is 14.5. The van der Waals surface area contributed by atoms with Crippen molar-refractivity contribution in [3.05, 3.63) is 65.6 Å². The Morgan fingerprint density at radius 3 is 2.28 bits per heavy atom. The average molecular weight is 532 g/mol. The fourth-order valence-electron chi connectivity index (χ4n) is 6.91. The molecule has 0 atom stereocenters. The number of aromatic amines is 1. The zero-order chi connectivity index (χ0) is 27.2. The van der Waals surface area contributed by atoms with Gasteiger partial charge in [-0.1, -0.05) is 24.3 Å². The van der Waals surface area contributed by atoms with Crippen molar-refractivity contribution in [3.63, 3.8) is 0 Å². The summed E-state index contributed by atoms with van der Waals surface area (Å²) in [6.07, 6.45) is 4.29. The third-order valence-corrected chi connectivity index (χ3v) is 8.58. The third-order valence-electron chi connectivity index (χ3n) is 8.58. The predicted octanol–water partition coefficient (Wildman–Crippen LogP) is 5.46. The predicted molar refractivity (Wildman–Crippen MR) is 157 cm³/mol. The summed E-state index contributed by atoms with van der Waals surface area (Å²) < 4.78 is 20.8. The molecule has 3 saturated heterocycles. The van der Waals surface area contributed by atoms with Crippen LogP contribution in [-0.2, 0) is 4.74 Å². The van der Waals surface area contributed by atoms with E-state index in [1.165, 1.54) is 25.3 Å². The van der Waals surface area contributed by atoms with Gasteiger partial charge in [-0.2, -0.15) is 9.49 Å². The SMILES string of the molecule is CC1(C)CC(C=C(c2ccc(N3CCN(CC4CNC4)CC3)cc2)c2ccc3n[nH]c(F)c3c2)CC(C)(C)O1. The Labute approximate surface area is 231 Å². The van der Waals surface area contributed by atoms with E-state index in [0.717, 1.165) is 61.6 Å². The molecule has 4 heterocycles. The average Bonchev–Trinajstić information content (AvgIpc) is 3.23. The van der Waals surface area contributed by atoms with Gasteiger partial charge >= 0.3 is 0 Å². The lowest BCUT2D eigenvalue weighted by Crippen LogP contribution is -2.53. The van der Waals surface area contributed by atoms with E-state index in [4.69, 9.17) is 4.74 Å². The lowest BCUT2D eigenvalue weighted by molar-refractivity contribution is -0.166. The second-order valence-electron chi connectivity index (χ2n) is 13.0. The molecule has 0 radical (unpaired) electrons. The van der Waals surface area contributed by atoms with Crippen LogP contribution in [0.5, 0.6) is 0 Å². The summed E-state index contributed by atoms with van der Waals surface area (Å²) in [5.74, 6) is 0.785. The molecule has 0 unspecified atom stereocenters. The van der Waals surface area contributed by atoms with Crippen molar-refractivity contribution in [2.24, 2.45) is 11.8 Å². The highest BCUT2D eigenvalue weighted by atomic mass is 19.1. The Bertz CT molecular complexity index is 1320. The molecule has 0 spiro atoms. The van der Waals surface area contributed by atoms with Crippen molar-refractivity contribution in [2.75, 3.05) is 50.7 Å². The third kappa shape index (κ3) is 5.91. The quantitative estimate of drug-likeness (QED) is 0.443. The first-order valence-electron chi connectivity index (χ1n) is 14.5. The van der Waals surface area contributed by atoms with Gasteiger partial charge in [0, 0.05) is 51.5 Å². The lowest BCUT2D eigenvalue weighted by Gasteiger charge is -2.45.